The number of aliphatic carboxylic acids is 2. The fourth-order valence-corrected chi connectivity index (χ4v) is 0.189. The Bertz CT molecular complexity index is 132. The van der Waals surface area contributed by atoms with Gasteiger partial charge in [-0.1, -0.05) is 6.92 Å². The zero-order valence-corrected chi connectivity index (χ0v) is 7.24. The highest BCUT2D eigenvalue weighted by atomic mass is 16.5. The van der Waals surface area contributed by atoms with Crippen molar-refractivity contribution in [2.45, 2.75) is 20.3 Å². The van der Waals surface area contributed by atoms with Crippen molar-refractivity contribution in [3.8, 4) is 0 Å². The van der Waals surface area contributed by atoms with Gasteiger partial charge < -0.3 is 14.9 Å². The lowest BCUT2D eigenvalue weighted by Gasteiger charge is -1.90. The molecule has 0 aromatic heterocycles. The number of hydrogen-bond acceptors (Lipinski definition) is 3. The minimum atomic E-state index is -0.915. The molecule has 0 radical (unpaired) electrons. The van der Waals surface area contributed by atoms with Crippen LogP contribution in [0.25, 0.3) is 0 Å². The van der Waals surface area contributed by atoms with Crippen LogP contribution in [0.15, 0.2) is 0 Å². The molecule has 5 nitrogen and oxygen atoms in total. The van der Waals surface area contributed by atoms with Gasteiger partial charge in [0.2, 0.25) is 0 Å². The molecule has 0 saturated carbocycles. The van der Waals surface area contributed by atoms with Crippen LogP contribution in [-0.4, -0.2) is 35.4 Å². The predicted octanol–water partition coefficient (Wildman–Crippen LogP) is 0.589. The summed E-state index contributed by atoms with van der Waals surface area (Å²) in [4.78, 5) is 19.0. The van der Waals surface area contributed by atoms with E-state index < -0.39 is 11.9 Å². The second kappa shape index (κ2) is 9.90. The van der Waals surface area contributed by atoms with E-state index in [1.165, 1.54) is 0 Å². The fraction of sp³-hybridized carbons (Fsp3) is 0.714. The largest absolute Gasteiger partial charge is 0.481 e. The molecule has 0 heterocycles. The average molecular weight is 178 g/mol. The lowest BCUT2D eigenvalue weighted by molar-refractivity contribution is -0.142. The van der Waals surface area contributed by atoms with Gasteiger partial charge in [0.25, 0.3) is 0 Å². The second-order valence-electron chi connectivity index (χ2n) is 1.78. The minimum Gasteiger partial charge on any atom is -0.481 e. The van der Waals surface area contributed by atoms with E-state index in [9.17, 15) is 9.59 Å². The van der Waals surface area contributed by atoms with E-state index in [-0.39, 0.29) is 13.0 Å². The summed E-state index contributed by atoms with van der Waals surface area (Å²) in [5.74, 6) is -1.66. The number of rotatable bonds is 4. The highest BCUT2D eigenvalue weighted by Gasteiger charge is 1.90. The molecule has 12 heavy (non-hydrogen) atoms. The molecule has 2 N–H and O–H groups in total. The normalized spacial score (nSPS) is 8.17. The highest BCUT2D eigenvalue weighted by Crippen LogP contribution is 1.69. The maximum absolute atomic E-state index is 9.63. The highest BCUT2D eigenvalue weighted by molar-refractivity contribution is 5.67. The molecule has 5 heteroatoms. The second-order valence-corrected chi connectivity index (χ2v) is 1.78. The van der Waals surface area contributed by atoms with Crippen LogP contribution in [-0.2, 0) is 14.3 Å². The first-order valence-electron chi connectivity index (χ1n) is 3.55. The molecule has 0 aliphatic heterocycles. The van der Waals surface area contributed by atoms with Crippen molar-refractivity contribution in [2.24, 2.45) is 0 Å². The third-order valence-electron chi connectivity index (χ3n) is 0.732. The number of ether oxygens (including phenoxy) is 1. The molecular formula is C7H14O5. The molecule has 0 saturated heterocycles. The van der Waals surface area contributed by atoms with Crippen LogP contribution in [0.1, 0.15) is 20.3 Å². The van der Waals surface area contributed by atoms with Gasteiger partial charge in [0.15, 0.2) is 0 Å². The van der Waals surface area contributed by atoms with E-state index in [2.05, 4.69) is 4.74 Å². The van der Waals surface area contributed by atoms with Gasteiger partial charge in [-0.05, 0) is 6.92 Å². The van der Waals surface area contributed by atoms with Gasteiger partial charge in [0.05, 0.1) is 0 Å². The van der Waals surface area contributed by atoms with Gasteiger partial charge in [-0.2, -0.15) is 0 Å². The monoisotopic (exact) mass is 178 g/mol. The van der Waals surface area contributed by atoms with E-state index in [0.717, 1.165) is 0 Å². The van der Waals surface area contributed by atoms with Gasteiger partial charge in [-0.3, -0.25) is 4.79 Å². The molecule has 0 aliphatic carbocycles. The summed E-state index contributed by atoms with van der Waals surface area (Å²) in [6.45, 7) is 3.63. The van der Waals surface area contributed by atoms with Crippen LogP contribution in [0.5, 0.6) is 0 Å². The first kappa shape index (κ1) is 13.5. The maximum atomic E-state index is 9.63. The Balaban J connectivity index is 0. The zero-order chi connectivity index (χ0) is 9.98. The van der Waals surface area contributed by atoms with E-state index in [4.69, 9.17) is 10.2 Å². The quantitative estimate of drug-likeness (QED) is 0.658. The molecule has 0 unspecified atom stereocenters. The molecule has 72 valence electrons. The van der Waals surface area contributed by atoms with Crippen LogP contribution in [0.3, 0.4) is 0 Å². The third kappa shape index (κ3) is 23.1. The summed E-state index contributed by atoms with van der Waals surface area (Å²) in [7, 11) is 0. The first-order chi connectivity index (χ1) is 5.54. The Kier molecular flexibility index (Phi) is 11.1. The number of carboxylic acid groups (broad SMARTS) is 2. The van der Waals surface area contributed by atoms with Gasteiger partial charge in [0.1, 0.15) is 6.61 Å². The molecule has 0 aliphatic rings. The van der Waals surface area contributed by atoms with E-state index in [1.54, 1.807) is 13.8 Å². The Hall–Kier alpha value is -1.10. The number of hydrogen-bond donors (Lipinski definition) is 2. The Morgan fingerprint density at radius 1 is 1.17 bits per heavy atom. The Morgan fingerprint density at radius 3 is 1.67 bits per heavy atom. The SMILES string of the molecule is CCC(=O)O.CCOCC(=O)O. The van der Waals surface area contributed by atoms with Gasteiger partial charge in [0, 0.05) is 13.0 Å². The van der Waals surface area contributed by atoms with Gasteiger partial charge >= 0.3 is 11.9 Å². The number of carboxylic acids is 2. The minimum absolute atomic E-state index is 0.184. The van der Waals surface area contributed by atoms with Crippen LogP contribution in [0.2, 0.25) is 0 Å². The average Bonchev–Trinajstić information content (AvgIpc) is 2.02. The van der Waals surface area contributed by atoms with Crippen molar-refractivity contribution in [3.05, 3.63) is 0 Å². The van der Waals surface area contributed by atoms with Gasteiger partial charge in [-0.15, -0.1) is 0 Å². The molecule has 0 rings (SSSR count). The lowest BCUT2D eigenvalue weighted by atomic mass is 10.5. The Labute approximate surface area is 71.0 Å². The van der Waals surface area contributed by atoms with Crippen molar-refractivity contribution in [2.75, 3.05) is 13.2 Å². The standard InChI is InChI=1S/C4H8O3.C3H6O2/c1-2-7-3-4(5)6;1-2-3(4)5/h2-3H2,1H3,(H,5,6);2H2,1H3,(H,4,5). The Morgan fingerprint density at radius 2 is 1.58 bits per heavy atom. The molecule has 0 amide bonds. The van der Waals surface area contributed by atoms with Crippen LogP contribution >= 0.6 is 0 Å². The van der Waals surface area contributed by atoms with Crippen LogP contribution < -0.4 is 0 Å². The molecule has 0 aromatic rings. The third-order valence-corrected chi connectivity index (χ3v) is 0.732. The maximum Gasteiger partial charge on any atom is 0.329 e. The molecule has 0 bridgehead atoms. The van der Waals surface area contributed by atoms with Crippen molar-refractivity contribution in [1.29, 1.82) is 0 Å². The molecule has 0 atom stereocenters. The molecule has 0 fully saturated rings. The summed E-state index contributed by atoms with van der Waals surface area (Å²) in [5.41, 5.74) is 0. The van der Waals surface area contributed by atoms with Crippen LogP contribution in [0.4, 0.5) is 0 Å². The number of carbonyl (C=O) groups is 2. The van der Waals surface area contributed by atoms with Crippen molar-refractivity contribution in [3.63, 3.8) is 0 Å². The summed E-state index contributed by atoms with van der Waals surface area (Å²) in [6, 6.07) is 0. The molecule has 0 aromatic carbocycles. The summed E-state index contributed by atoms with van der Waals surface area (Å²) in [6.07, 6.45) is 0.222. The van der Waals surface area contributed by atoms with Gasteiger partial charge in [-0.25, -0.2) is 4.79 Å². The first-order valence-corrected chi connectivity index (χ1v) is 3.55. The topological polar surface area (TPSA) is 83.8 Å². The van der Waals surface area contributed by atoms with E-state index in [1.807, 2.05) is 0 Å². The van der Waals surface area contributed by atoms with Crippen molar-refractivity contribution in [1.82, 2.24) is 0 Å². The van der Waals surface area contributed by atoms with Crippen LogP contribution in [0, 0.1) is 0 Å². The lowest BCUT2D eigenvalue weighted by Crippen LogP contribution is -2.05. The van der Waals surface area contributed by atoms with Crippen molar-refractivity contribution < 1.29 is 24.5 Å². The summed E-state index contributed by atoms with van der Waals surface area (Å²) < 4.78 is 4.50. The predicted molar refractivity (Wildman–Crippen MR) is 42.1 cm³/mol. The summed E-state index contributed by atoms with van der Waals surface area (Å²) >= 11 is 0. The molecular weight excluding hydrogens is 164 g/mol. The van der Waals surface area contributed by atoms with Crippen molar-refractivity contribution >= 4 is 11.9 Å². The van der Waals surface area contributed by atoms with E-state index >= 15 is 0 Å². The zero-order valence-electron chi connectivity index (χ0n) is 7.24. The molecule has 0 spiro atoms. The fourth-order valence-electron chi connectivity index (χ4n) is 0.189. The van der Waals surface area contributed by atoms with E-state index in [0.29, 0.717) is 6.61 Å². The summed E-state index contributed by atoms with van der Waals surface area (Å²) in [5, 5.41) is 15.6. The smallest absolute Gasteiger partial charge is 0.329 e.